The Labute approximate surface area is 325 Å². The van der Waals surface area contributed by atoms with Crippen LogP contribution in [0.4, 0.5) is 0 Å². The number of aromatic amines is 1. The Morgan fingerprint density at radius 1 is 0.911 bits per heavy atom. The summed E-state index contributed by atoms with van der Waals surface area (Å²) >= 11 is 0. The summed E-state index contributed by atoms with van der Waals surface area (Å²) in [5.41, 5.74) is 19.9. The molecule has 3 aromatic rings. The minimum atomic E-state index is -1.08. The fourth-order valence-corrected chi connectivity index (χ4v) is 7.02. The molecule has 300 valence electrons. The number of aliphatic imine (C=N–C) groups is 1. The zero-order chi connectivity index (χ0) is 40.2. The van der Waals surface area contributed by atoms with Crippen LogP contribution in [0.15, 0.2) is 65.8 Å². The number of H-pyrrole nitrogens is 1. The van der Waals surface area contributed by atoms with Crippen molar-refractivity contribution in [3.05, 3.63) is 71.9 Å². The molecule has 0 spiro atoms. The van der Waals surface area contributed by atoms with Crippen LogP contribution in [-0.2, 0) is 41.6 Å². The summed E-state index contributed by atoms with van der Waals surface area (Å²) in [4.78, 5) is 88.7. The number of para-hydroxylation sites is 1. The molecule has 0 bridgehead atoms. The number of carbonyl (C=O) groups excluding carboxylic acids is 6. The zero-order valence-corrected chi connectivity index (χ0v) is 31.5. The van der Waals surface area contributed by atoms with Gasteiger partial charge in [0.2, 0.25) is 35.4 Å². The number of unbranched alkanes of at least 4 members (excludes halogenated alkanes) is 1. The van der Waals surface area contributed by atoms with Gasteiger partial charge in [-0.25, -0.2) is 0 Å². The van der Waals surface area contributed by atoms with Gasteiger partial charge in [0.15, 0.2) is 0 Å². The maximum absolute atomic E-state index is 13.8. The molecule has 7 atom stereocenters. The van der Waals surface area contributed by atoms with Crippen molar-refractivity contribution in [1.29, 1.82) is 0 Å². The summed E-state index contributed by atoms with van der Waals surface area (Å²) in [6.45, 7) is 2.51. The fourth-order valence-electron chi connectivity index (χ4n) is 7.02. The van der Waals surface area contributed by atoms with Gasteiger partial charge in [-0.1, -0.05) is 48.5 Å². The number of hydrogen-bond donors (Lipinski definition) is 9. The van der Waals surface area contributed by atoms with Gasteiger partial charge in [0.1, 0.15) is 24.2 Å². The summed E-state index contributed by atoms with van der Waals surface area (Å²) in [6, 6.07) is 10.9. The van der Waals surface area contributed by atoms with E-state index in [9.17, 15) is 28.8 Å². The van der Waals surface area contributed by atoms with Gasteiger partial charge in [-0.15, -0.1) is 0 Å². The van der Waals surface area contributed by atoms with Crippen molar-refractivity contribution < 1.29 is 28.8 Å². The normalized spacial score (nSPS) is 19.1. The van der Waals surface area contributed by atoms with Crippen LogP contribution in [0.5, 0.6) is 0 Å². The zero-order valence-electron chi connectivity index (χ0n) is 31.5. The van der Waals surface area contributed by atoms with E-state index in [0.717, 1.165) is 22.0 Å². The van der Waals surface area contributed by atoms with Crippen molar-refractivity contribution in [3.8, 4) is 0 Å². The molecule has 0 aliphatic carbocycles. The summed E-state index contributed by atoms with van der Waals surface area (Å²) in [7, 11) is 0. The number of primary amides is 1. The van der Waals surface area contributed by atoms with Gasteiger partial charge >= 0.3 is 0 Å². The quantitative estimate of drug-likeness (QED) is 0.0627. The number of likely N-dealkylation sites (tertiary alicyclic amines) is 1. The van der Waals surface area contributed by atoms with E-state index in [4.69, 9.17) is 17.2 Å². The lowest BCUT2D eigenvalue weighted by molar-refractivity contribution is -0.138. The van der Waals surface area contributed by atoms with Gasteiger partial charge in [-0.05, 0) is 56.3 Å². The minimum absolute atomic E-state index is 0.0161. The Morgan fingerprint density at radius 2 is 1.64 bits per heavy atom. The molecule has 2 aromatic carbocycles. The molecule has 1 aromatic heterocycles. The molecule has 0 saturated carbocycles. The van der Waals surface area contributed by atoms with Crippen molar-refractivity contribution in [3.63, 3.8) is 0 Å². The molecule has 56 heavy (non-hydrogen) atoms. The van der Waals surface area contributed by atoms with E-state index >= 15 is 0 Å². The first kappa shape index (κ1) is 41.4. The van der Waals surface area contributed by atoms with E-state index in [-0.39, 0.29) is 44.2 Å². The number of nitrogens with two attached hydrogens (primary N) is 3. The molecule has 2 aliphatic rings. The third kappa shape index (κ3) is 11.1. The Balaban J connectivity index is 1.24. The van der Waals surface area contributed by atoms with Crippen LogP contribution in [0.25, 0.3) is 10.9 Å². The molecule has 5 rings (SSSR count). The van der Waals surface area contributed by atoms with Crippen LogP contribution < -0.4 is 43.8 Å². The van der Waals surface area contributed by atoms with Crippen LogP contribution in [0.3, 0.4) is 0 Å². The maximum atomic E-state index is 13.8. The first-order chi connectivity index (χ1) is 26.9. The maximum Gasteiger partial charge on any atom is 0.243 e. The largest absolute Gasteiger partial charge is 0.374 e. The van der Waals surface area contributed by atoms with E-state index in [1.807, 2.05) is 54.6 Å². The lowest BCUT2D eigenvalue weighted by Crippen LogP contribution is -2.57. The monoisotopic (exact) mass is 771 g/mol. The molecule has 12 N–H and O–H groups in total. The average molecular weight is 772 g/mol. The van der Waals surface area contributed by atoms with Crippen molar-refractivity contribution in [2.75, 3.05) is 19.6 Å². The molecule has 0 radical (unpaired) electrons. The topological polar surface area (TPSA) is 272 Å². The van der Waals surface area contributed by atoms with Crippen molar-refractivity contribution >= 4 is 52.7 Å². The van der Waals surface area contributed by atoms with E-state index in [0.29, 0.717) is 32.4 Å². The van der Waals surface area contributed by atoms with E-state index < -0.39 is 65.8 Å². The molecule has 1 saturated heterocycles. The molecule has 1 unspecified atom stereocenters. The van der Waals surface area contributed by atoms with Gasteiger partial charge in [0.25, 0.3) is 0 Å². The number of hydrogen-bond acceptors (Lipinski definition) is 10. The van der Waals surface area contributed by atoms with Crippen molar-refractivity contribution in [2.45, 2.75) is 94.2 Å². The Bertz CT molecular complexity index is 1880. The molecular weight excluding hydrogens is 718 g/mol. The van der Waals surface area contributed by atoms with Gasteiger partial charge in [-0.3, -0.25) is 33.8 Å². The standard InChI is InChI=1S/C39H53N11O6/c1-23(46-38(55)32(16-25-19-44-30-12-6-5-11-28(25)30)49-37(54)29(41)17-26-20-43-22-45-26)36(53)47-27-18-34(51)50(21-27)33(15-24-9-3-2-4-10-24)39(56)48-31(35(42)52)13-7-8-14-40/h2-6,9-12,19,22-23,26-27,29,31-33,44H,7-8,13-18,20-21,40-41H2,1H3,(H2,42,52)(H,43,45)(H,46,55)(H,47,53)(H,48,56)(H,49,54)/t23-,26?,27+,29-,31-,32+,33+/m0/s1. The first-order valence-corrected chi connectivity index (χ1v) is 19.0. The number of rotatable bonds is 20. The highest BCUT2D eigenvalue weighted by molar-refractivity contribution is 5.95. The van der Waals surface area contributed by atoms with Crippen molar-refractivity contribution in [1.82, 2.24) is 36.5 Å². The molecule has 17 heteroatoms. The van der Waals surface area contributed by atoms with Gasteiger partial charge in [-0.2, -0.15) is 0 Å². The predicted molar refractivity (Wildman–Crippen MR) is 211 cm³/mol. The number of benzene rings is 2. The minimum Gasteiger partial charge on any atom is -0.374 e. The number of nitrogens with one attached hydrogen (secondary N) is 6. The van der Waals surface area contributed by atoms with Gasteiger partial charge in [0, 0.05) is 49.5 Å². The van der Waals surface area contributed by atoms with Gasteiger partial charge in [0.05, 0.1) is 24.5 Å². The molecule has 2 aliphatic heterocycles. The fraction of sp³-hybridized carbons (Fsp3) is 0.462. The summed E-state index contributed by atoms with van der Waals surface area (Å²) < 4.78 is 0. The lowest BCUT2D eigenvalue weighted by Gasteiger charge is -2.29. The molecule has 1 fully saturated rings. The number of aromatic nitrogens is 1. The molecular formula is C39H53N11O6. The van der Waals surface area contributed by atoms with Crippen LogP contribution in [0.1, 0.15) is 50.2 Å². The highest BCUT2D eigenvalue weighted by Crippen LogP contribution is 2.21. The third-order valence-corrected chi connectivity index (χ3v) is 10.1. The lowest BCUT2D eigenvalue weighted by atomic mass is 10.0. The first-order valence-electron chi connectivity index (χ1n) is 19.0. The average Bonchev–Trinajstić information content (AvgIpc) is 3.94. The highest BCUT2D eigenvalue weighted by atomic mass is 16.2. The van der Waals surface area contributed by atoms with Crippen LogP contribution in [-0.4, -0.2) is 114 Å². The number of nitrogens with zero attached hydrogens (tertiary/aromatic N) is 2. The van der Waals surface area contributed by atoms with Gasteiger partial charge < -0.3 is 53.7 Å². The highest BCUT2D eigenvalue weighted by Gasteiger charge is 2.40. The summed E-state index contributed by atoms with van der Waals surface area (Å²) in [5.74, 6) is -3.28. The predicted octanol–water partition coefficient (Wildman–Crippen LogP) is -1.16. The number of fused-ring (bicyclic) bond motifs is 1. The third-order valence-electron chi connectivity index (χ3n) is 10.1. The van der Waals surface area contributed by atoms with E-state index in [1.54, 1.807) is 12.5 Å². The molecule has 3 heterocycles. The van der Waals surface area contributed by atoms with Crippen molar-refractivity contribution in [2.24, 2.45) is 22.2 Å². The number of carbonyl (C=O) groups is 6. The Morgan fingerprint density at radius 3 is 2.36 bits per heavy atom. The number of amides is 6. The molecule has 6 amide bonds. The van der Waals surface area contributed by atoms with E-state index in [1.165, 1.54) is 11.8 Å². The Kier molecular flexibility index (Phi) is 14.5. The van der Waals surface area contributed by atoms with Crippen LogP contribution >= 0.6 is 0 Å². The Hall–Kier alpha value is -5.81. The van der Waals surface area contributed by atoms with Crippen LogP contribution in [0, 0.1) is 0 Å². The second-order valence-electron chi connectivity index (χ2n) is 14.4. The smallest absolute Gasteiger partial charge is 0.243 e. The second-order valence-corrected chi connectivity index (χ2v) is 14.4. The van der Waals surface area contributed by atoms with Crippen LogP contribution in [0.2, 0.25) is 0 Å². The SMILES string of the molecule is C[C@H](NC(=O)[C@@H](Cc1c[nH]c2ccccc12)NC(=O)[C@@H](N)CC1CNC=N1)C(=O)N[C@@H]1CC(=O)N([C@H](Cc2ccccc2)C(=O)N[C@@H](CCCCN)C(N)=O)C1. The second kappa shape index (κ2) is 19.7. The summed E-state index contributed by atoms with van der Waals surface area (Å²) in [5, 5.41) is 14.9. The summed E-state index contributed by atoms with van der Waals surface area (Å²) in [6.07, 6.45) is 5.36. The van der Waals surface area contributed by atoms with E-state index in [2.05, 4.69) is 36.6 Å². The molecule has 17 nitrogen and oxygen atoms in total.